The van der Waals surface area contributed by atoms with Gasteiger partial charge in [-0.05, 0) is 26.2 Å². The Morgan fingerprint density at radius 3 is 2.43 bits per heavy atom. The van der Waals surface area contributed by atoms with Gasteiger partial charge in [-0.1, -0.05) is 19.8 Å². The number of hydrogen-bond donors (Lipinski definition) is 2. The SMILES string of the molecule is CCCCCOCCCC(C)(N)CO. The van der Waals surface area contributed by atoms with Crippen molar-refractivity contribution in [2.45, 2.75) is 51.5 Å². The molecule has 0 spiro atoms. The molecule has 3 heteroatoms. The number of rotatable bonds is 9. The summed E-state index contributed by atoms with van der Waals surface area (Å²) in [7, 11) is 0. The lowest BCUT2D eigenvalue weighted by molar-refractivity contribution is 0.115. The molecule has 0 rings (SSSR count). The van der Waals surface area contributed by atoms with Crippen molar-refractivity contribution in [2.75, 3.05) is 19.8 Å². The normalized spacial score (nSPS) is 15.4. The van der Waals surface area contributed by atoms with Crippen LogP contribution in [0.5, 0.6) is 0 Å². The van der Waals surface area contributed by atoms with Gasteiger partial charge in [0.2, 0.25) is 0 Å². The lowest BCUT2D eigenvalue weighted by Gasteiger charge is -2.21. The van der Waals surface area contributed by atoms with Gasteiger partial charge in [0.1, 0.15) is 0 Å². The first-order valence-corrected chi connectivity index (χ1v) is 5.60. The standard InChI is InChI=1S/C11H25NO2/c1-3-4-5-8-14-9-6-7-11(2,12)10-13/h13H,3-10,12H2,1-2H3. The first kappa shape index (κ1) is 13.9. The third-order valence-electron chi connectivity index (χ3n) is 2.29. The van der Waals surface area contributed by atoms with Gasteiger partial charge in [0, 0.05) is 18.8 Å². The fourth-order valence-electron chi connectivity index (χ4n) is 1.21. The van der Waals surface area contributed by atoms with Crippen molar-refractivity contribution >= 4 is 0 Å². The van der Waals surface area contributed by atoms with Crippen LogP contribution in [0.3, 0.4) is 0 Å². The van der Waals surface area contributed by atoms with E-state index < -0.39 is 5.54 Å². The maximum absolute atomic E-state index is 8.90. The Morgan fingerprint density at radius 1 is 1.21 bits per heavy atom. The minimum absolute atomic E-state index is 0.0445. The molecule has 0 saturated carbocycles. The maximum Gasteiger partial charge on any atom is 0.0608 e. The summed E-state index contributed by atoms with van der Waals surface area (Å²) in [6, 6.07) is 0. The molecule has 0 heterocycles. The fourth-order valence-corrected chi connectivity index (χ4v) is 1.21. The second kappa shape index (κ2) is 8.21. The van der Waals surface area contributed by atoms with Crippen LogP contribution in [0.15, 0.2) is 0 Å². The summed E-state index contributed by atoms with van der Waals surface area (Å²) < 4.78 is 5.44. The van der Waals surface area contributed by atoms with Crippen molar-refractivity contribution < 1.29 is 9.84 Å². The van der Waals surface area contributed by atoms with Gasteiger partial charge in [0.25, 0.3) is 0 Å². The van der Waals surface area contributed by atoms with Crippen molar-refractivity contribution in [2.24, 2.45) is 5.73 Å². The summed E-state index contributed by atoms with van der Waals surface area (Å²) in [4.78, 5) is 0. The molecular formula is C11H25NO2. The molecule has 0 aromatic heterocycles. The van der Waals surface area contributed by atoms with E-state index in [1.807, 2.05) is 6.92 Å². The van der Waals surface area contributed by atoms with Crippen LogP contribution < -0.4 is 5.73 Å². The van der Waals surface area contributed by atoms with Gasteiger partial charge < -0.3 is 15.6 Å². The molecule has 0 amide bonds. The molecule has 3 N–H and O–H groups in total. The van der Waals surface area contributed by atoms with Crippen LogP contribution in [-0.4, -0.2) is 30.5 Å². The topological polar surface area (TPSA) is 55.5 Å². The average molecular weight is 203 g/mol. The molecule has 0 radical (unpaired) electrons. The van der Waals surface area contributed by atoms with E-state index >= 15 is 0 Å². The Bertz CT molecular complexity index is 126. The molecule has 14 heavy (non-hydrogen) atoms. The summed E-state index contributed by atoms with van der Waals surface area (Å²) in [6.45, 7) is 5.71. The number of aliphatic hydroxyl groups excluding tert-OH is 1. The molecule has 0 aromatic rings. The fraction of sp³-hybridized carbons (Fsp3) is 1.00. The number of hydrogen-bond acceptors (Lipinski definition) is 3. The molecule has 1 unspecified atom stereocenters. The molecule has 0 bridgehead atoms. The van der Waals surface area contributed by atoms with Gasteiger partial charge in [-0.2, -0.15) is 0 Å². The van der Waals surface area contributed by atoms with E-state index in [9.17, 15) is 0 Å². The Labute approximate surface area is 87.6 Å². The molecule has 0 fully saturated rings. The first-order valence-electron chi connectivity index (χ1n) is 5.60. The van der Waals surface area contributed by atoms with Crippen molar-refractivity contribution in [1.29, 1.82) is 0 Å². The molecule has 0 aliphatic rings. The van der Waals surface area contributed by atoms with Crippen molar-refractivity contribution in [3.63, 3.8) is 0 Å². The summed E-state index contributed by atoms with van der Waals surface area (Å²) >= 11 is 0. The van der Waals surface area contributed by atoms with Crippen LogP contribution in [0.25, 0.3) is 0 Å². The minimum Gasteiger partial charge on any atom is -0.394 e. The minimum atomic E-state index is -0.438. The average Bonchev–Trinajstić information content (AvgIpc) is 2.16. The predicted octanol–water partition coefficient (Wildman–Crippen LogP) is 1.68. The van der Waals surface area contributed by atoms with E-state index in [4.69, 9.17) is 15.6 Å². The van der Waals surface area contributed by atoms with E-state index in [1.165, 1.54) is 12.8 Å². The Hall–Kier alpha value is -0.120. The molecule has 1 atom stereocenters. The highest BCUT2D eigenvalue weighted by Crippen LogP contribution is 2.07. The Kier molecular flexibility index (Phi) is 8.14. The summed E-state index contributed by atoms with van der Waals surface area (Å²) in [5.74, 6) is 0. The number of ether oxygens (including phenoxy) is 1. The second-order valence-corrected chi connectivity index (χ2v) is 4.24. The van der Waals surface area contributed by atoms with Gasteiger partial charge in [0.15, 0.2) is 0 Å². The monoisotopic (exact) mass is 203 g/mol. The molecule has 3 nitrogen and oxygen atoms in total. The zero-order chi connectivity index (χ0) is 10.9. The van der Waals surface area contributed by atoms with E-state index in [0.717, 1.165) is 32.5 Å². The maximum atomic E-state index is 8.90. The zero-order valence-corrected chi connectivity index (χ0v) is 9.59. The van der Waals surface area contributed by atoms with Crippen LogP contribution in [-0.2, 0) is 4.74 Å². The Morgan fingerprint density at radius 2 is 1.86 bits per heavy atom. The lowest BCUT2D eigenvalue weighted by Crippen LogP contribution is -2.40. The largest absolute Gasteiger partial charge is 0.394 e. The van der Waals surface area contributed by atoms with Gasteiger partial charge in [-0.15, -0.1) is 0 Å². The summed E-state index contributed by atoms with van der Waals surface area (Å²) in [6.07, 6.45) is 5.37. The van der Waals surface area contributed by atoms with Crippen LogP contribution in [0, 0.1) is 0 Å². The van der Waals surface area contributed by atoms with Crippen LogP contribution in [0.4, 0.5) is 0 Å². The third kappa shape index (κ3) is 8.48. The van der Waals surface area contributed by atoms with Gasteiger partial charge in [-0.3, -0.25) is 0 Å². The molecule has 0 aliphatic heterocycles. The predicted molar refractivity (Wildman–Crippen MR) is 59.3 cm³/mol. The number of aliphatic hydroxyl groups is 1. The third-order valence-corrected chi connectivity index (χ3v) is 2.29. The van der Waals surface area contributed by atoms with Gasteiger partial charge in [-0.25, -0.2) is 0 Å². The highest BCUT2D eigenvalue weighted by Gasteiger charge is 2.15. The first-order chi connectivity index (χ1) is 6.62. The van der Waals surface area contributed by atoms with E-state index in [2.05, 4.69) is 6.92 Å². The summed E-state index contributed by atoms with van der Waals surface area (Å²) in [5, 5.41) is 8.90. The Balaban J connectivity index is 3.13. The van der Waals surface area contributed by atoms with Crippen molar-refractivity contribution in [1.82, 2.24) is 0 Å². The lowest BCUT2D eigenvalue weighted by atomic mass is 9.99. The van der Waals surface area contributed by atoms with E-state index in [0.29, 0.717) is 0 Å². The van der Waals surface area contributed by atoms with Crippen LogP contribution in [0.2, 0.25) is 0 Å². The molecule has 0 saturated heterocycles. The summed E-state index contributed by atoms with van der Waals surface area (Å²) in [5.41, 5.74) is 5.34. The van der Waals surface area contributed by atoms with Crippen molar-refractivity contribution in [3.05, 3.63) is 0 Å². The molecule has 0 aliphatic carbocycles. The molecule has 86 valence electrons. The zero-order valence-electron chi connectivity index (χ0n) is 9.59. The second-order valence-electron chi connectivity index (χ2n) is 4.24. The van der Waals surface area contributed by atoms with Crippen LogP contribution >= 0.6 is 0 Å². The number of unbranched alkanes of at least 4 members (excludes halogenated alkanes) is 2. The molecular weight excluding hydrogens is 178 g/mol. The number of nitrogens with two attached hydrogens (primary N) is 1. The smallest absolute Gasteiger partial charge is 0.0608 e. The highest BCUT2D eigenvalue weighted by molar-refractivity contribution is 4.76. The molecule has 0 aromatic carbocycles. The van der Waals surface area contributed by atoms with Crippen LogP contribution in [0.1, 0.15) is 46.0 Å². The van der Waals surface area contributed by atoms with Crippen molar-refractivity contribution in [3.8, 4) is 0 Å². The van der Waals surface area contributed by atoms with Gasteiger partial charge >= 0.3 is 0 Å². The quantitative estimate of drug-likeness (QED) is 0.561. The van der Waals surface area contributed by atoms with E-state index in [1.54, 1.807) is 0 Å². The highest BCUT2D eigenvalue weighted by atomic mass is 16.5. The van der Waals surface area contributed by atoms with E-state index in [-0.39, 0.29) is 6.61 Å². The van der Waals surface area contributed by atoms with Gasteiger partial charge in [0.05, 0.1) is 6.61 Å².